The molecule has 1 aromatic carbocycles. The Morgan fingerprint density at radius 3 is 2.73 bits per heavy atom. The lowest BCUT2D eigenvalue weighted by atomic mass is 9.92. The number of rotatable bonds is 9. The number of anilines is 2. The molecule has 1 unspecified atom stereocenters. The number of amides is 1. The third kappa shape index (κ3) is 6.17. The van der Waals surface area contributed by atoms with Crippen molar-refractivity contribution >= 4 is 56.5 Å². The second-order valence-corrected chi connectivity index (χ2v) is 12.8. The third-order valence-electron chi connectivity index (χ3n) is 8.27. The Morgan fingerprint density at radius 2 is 1.98 bits per heavy atom. The first kappa shape index (κ1) is 27.9. The Hall–Kier alpha value is -3.28. The fourth-order valence-electron chi connectivity index (χ4n) is 6.10. The lowest BCUT2D eigenvalue weighted by molar-refractivity contribution is -0.124. The van der Waals surface area contributed by atoms with Crippen LogP contribution in [0.3, 0.4) is 0 Å². The number of aromatic amines is 1. The van der Waals surface area contributed by atoms with Crippen LogP contribution in [0.5, 0.6) is 0 Å². The van der Waals surface area contributed by atoms with Crippen molar-refractivity contribution < 1.29 is 9.59 Å². The highest BCUT2D eigenvalue weighted by molar-refractivity contribution is 7.99. The van der Waals surface area contributed by atoms with Gasteiger partial charge in [-0.25, -0.2) is 4.98 Å². The number of thiazole rings is 1. The first-order valence-corrected chi connectivity index (χ1v) is 16.3. The number of likely N-dealkylation sites (tertiary alicyclic amines) is 1. The molecule has 2 saturated heterocycles. The highest BCUT2D eigenvalue weighted by atomic mass is 32.2. The summed E-state index contributed by atoms with van der Waals surface area (Å²) in [4.78, 5) is 39.8. The van der Waals surface area contributed by atoms with E-state index in [4.69, 9.17) is 0 Å². The van der Waals surface area contributed by atoms with Gasteiger partial charge in [0, 0.05) is 65.7 Å². The molecule has 214 valence electrons. The molecular weight excluding hydrogens is 555 g/mol. The molecule has 0 spiro atoms. The van der Waals surface area contributed by atoms with Crippen LogP contribution in [0.25, 0.3) is 22.2 Å². The predicted molar refractivity (Wildman–Crippen MR) is 167 cm³/mol. The maximum atomic E-state index is 13.5. The number of H-pyrrole nitrogens is 1. The summed E-state index contributed by atoms with van der Waals surface area (Å²) in [5.41, 5.74) is 4.42. The monoisotopic (exact) mass is 589 g/mol. The van der Waals surface area contributed by atoms with Crippen LogP contribution in [0.4, 0.5) is 10.8 Å². The molecule has 2 fully saturated rings. The first-order chi connectivity index (χ1) is 20.0. The van der Waals surface area contributed by atoms with Crippen LogP contribution in [0.1, 0.15) is 25.0 Å². The molecule has 0 aliphatic carbocycles. The zero-order valence-corrected chi connectivity index (χ0v) is 25.0. The highest BCUT2D eigenvalue weighted by Gasteiger charge is 2.35. The fraction of sp³-hybridized carbons (Fsp3) is 0.433. The van der Waals surface area contributed by atoms with Crippen molar-refractivity contribution in [2.45, 2.75) is 31.4 Å². The van der Waals surface area contributed by atoms with Crippen LogP contribution in [-0.2, 0) is 9.59 Å². The predicted octanol–water partition coefficient (Wildman–Crippen LogP) is 4.87. The van der Waals surface area contributed by atoms with E-state index in [0.29, 0.717) is 12.3 Å². The van der Waals surface area contributed by atoms with Crippen LogP contribution >= 0.6 is 23.1 Å². The fourth-order valence-corrected chi connectivity index (χ4v) is 7.68. The van der Waals surface area contributed by atoms with Gasteiger partial charge >= 0.3 is 0 Å². The van der Waals surface area contributed by atoms with Crippen molar-refractivity contribution in [1.82, 2.24) is 25.1 Å². The van der Waals surface area contributed by atoms with E-state index in [1.807, 2.05) is 55.1 Å². The van der Waals surface area contributed by atoms with E-state index in [-0.39, 0.29) is 23.0 Å². The molecular formula is C30H35N7O2S2. The number of carbonyl (C=O) groups is 2. The van der Waals surface area contributed by atoms with Crippen molar-refractivity contribution in [3.63, 3.8) is 0 Å². The molecule has 2 aliphatic rings. The van der Waals surface area contributed by atoms with E-state index < -0.39 is 0 Å². The SMILES string of the molecule is CS[C@@H](C(=O)Nc1ccc2[nH]nc(-c3ccnc(C)c3)c2c1)C1CCN(CC(=O)C2CCN(c3nccs3)CC2)C1. The first-order valence-electron chi connectivity index (χ1n) is 14.1. The van der Waals surface area contributed by atoms with Crippen LogP contribution in [0, 0.1) is 18.8 Å². The molecule has 11 heteroatoms. The third-order valence-corrected chi connectivity index (χ3v) is 10.2. The summed E-state index contributed by atoms with van der Waals surface area (Å²) in [6, 6.07) is 9.80. The van der Waals surface area contributed by atoms with Gasteiger partial charge in [-0.15, -0.1) is 11.3 Å². The lowest BCUT2D eigenvalue weighted by Gasteiger charge is -2.31. The molecule has 0 radical (unpaired) electrons. The second kappa shape index (κ2) is 12.3. The number of nitrogens with one attached hydrogen (secondary N) is 2. The minimum atomic E-state index is -0.181. The second-order valence-electron chi connectivity index (χ2n) is 11.0. The molecule has 3 aromatic heterocycles. The molecule has 6 rings (SSSR count). The van der Waals surface area contributed by atoms with Gasteiger partial charge in [0.05, 0.1) is 17.3 Å². The van der Waals surface area contributed by atoms with Gasteiger partial charge < -0.3 is 10.2 Å². The molecule has 1 amide bonds. The average molecular weight is 590 g/mol. The number of piperidine rings is 1. The normalized spacial score (nSPS) is 19.1. The van der Waals surface area contributed by atoms with Crippen LogP contribution < -0.4 is 10.2 Å². The van der Waals surface area contributed by atoms with Crippen molar-refractivity contribution in [3.05, 3.63) is 53.8 Å². The number of Topliss-reactive ketones (excluding diaryl/α,β-unsaturated/α-hetero) is 1. The maximum absolute atomic E-state index is 13.5. The Balaban J connectivity index is 1.05. The number of thioether (sulfide) groups is 1. The Kier molecular flexibility index (Phi) is 8.36. The summed E-state index contributed by atoms with van der Waals surface area (Å²) in [5, 5.41) is 14.6. The molecule has 2 atom stereocenters. The van der Waals surface area contributed by atoms with Crippen molar-refractivity contribution in [2.24, 2.45) is 11.8 Å². The van der Waals surface area contributed by atoms with E-state index in [9.17, 15) is 9.59 Å². The molecule has 2 aliphatic heterocycles. The van der Waals surface area contributed by atoms with Gasteiger partial charge in [-0.05, 0) is 75.2 Å². The quantitative estimate of drug-likeness (QED) is 0.285. The minimum Gasteiger partial charge on any atom is -0.348 e. The zero-order valence-electron chi connectivity index (χ0n) is 23.4. The lowest BCUT2D eigenvalue weighted by Crippen LogP contribution is -2.40. The van der Waals surface area contributed by atoms with Gasteiger partial charge in [0.25, 0.3) is 0 Å². The number of hydrogen-bond acceptors (Lipinski definition) is 9. The number of aryl methyl sites for hydroxylation is 1. The Morgan fingerprint density at radius 1 is 1.12 bits per heavy atom. The Labute approximate surface area is 248 Å². The van der Waals surface area contributed by atoms with E-state index in [0.717, 1.165) is 84.1 Å². The molecule has 2 N–H and O–H groups in total. The number of pyridine rings is 1. The van der Waals surface area contributed by atoms with Gasteiger partial charge in [-0.2, -0.15) is 16.9 Å². The largest absolute Gasteiger partial charge is 0.348 e. The van der Waals surface area contributed by atoms with Crippen molar-refractivity contribution in [1.29, 1.82) is 0 Å². The summed E-state index contributed by atoms with van der Waals surface area (Å²) in [6.45, 7) is 5.84. The van der Waals surface area contributed by atoms with Crippen LogP contribution in [0.15, 0.2) is 48.1 Å². The van der Waals surface area contributed by atoms with E-state index >= 15 is 0 Å². The number of carbonyl (C=O) groups excluding carboxylic acids is 2. The van der Waals surface area contributed by atoms with E-state index in [1.165, 1.54) is 0 Å². The summed E-state index contributed by atoms with van der Waals surface area (Å²) >= 11 is 3.24. The molecule has 9 nitrogen and oxygen atoms in total. The van der Waals surface area contributed by atoms with Gasteiger partial charge in [-0.3, -0.25) is 24.6 Å². The summed E-state index contributed by atoms with van der Waals surface area (Å²) in [6.07, 6.45) is 8.30. The number of hydrogen-bond donors (Lipinski definition) is 2. The molecule has 0 bridgehead atoms. The number of benzene rings is 1. The summed E-state index contributed by atoms with van der Waals surface area (Å²) < 4.78 is 0. The van der Waals surface area contributed by atoms with Crippen molar-refractivity contribution in [3.8, 4) is 11.3 Å². The van der Waals surface area contributed by atoms with Gasteiger partial charge in [-0.1, -0.05) is 0 Å². The van der Waals surface area contributed by atoms with Gasteiger partial charge in [0.1, 0.15) is 11.5 Å². The number of aromatic nitrogens is 4. The average Bonchev–Trinajstić information content (AvgIpc) is 3.75. The van der Waals surface area contributed by atoms with Gasteiger partial charge in [0.2, 0.25) is 5.91 Å². The maximum Gasteiger partial charge on any atom is 0.237 e. The minimum absolute atomic E-state index is 0.00869. The summed E-state index contributed by atoms with van der Waals surface area (Å²) in [7, 11) is 0. The van der Waals surface area contributed by atoms with E-state index in [2.05, 4.69) is 35.3 Å². The summed E-state index contributed by atoms with van der Waals surface area (Å²) in [5.74, 6) is 0.666. The number of fused-ring (bicyclic) bond motifs is 1. The number of nitrogens with zero attached hydrogens (tertiary/aromatic N) is 5. The van der Waals surface area contributed by atoms with E-state index in [1.54, 1.807) is 29.3 Å². The molecule has 4 aromatic rings. The van der Waals surface area contributed by atoms with Crippen LogP contribution in [0.2, 0.25) is 0 Å². The topological polar surface area (TPSA) is 107 Å². The standard InChI is InChI=1S/C30H35N7O2S2/c1-19-15-21(5-9-31-19)27-24-16-23(3-4-25(24)34-35-27)33-29(39)28(40-2)22-6-11-36(17-22)18-26(38)20-7-12-37(13-8-20)30-32-10-14-41-30/h3-5,9-10,14-16,20,22,28H,6-8,11-13,17-18H2,1-2H3,(H,33,39)(H,34,35)/t22?,28-/m1/s1. The van der Waals surface area contributed by atoms with Gasteiger partial charge in [0.15, 0.2) is 5.13 Å². The number of ketones is 1. The molecule has 0 saturated carbocycles. The zero-order chi connectivity index (χ0) is 28.3. The van der Waals surface area contributed by atoms with Crippen molar-refractivity contribution in [2.75, 3.05) is 49.2 Å². The molecule has 41 heavy (non-hydrogen) atoms. The highest BCUT2D eigenvalue weighted by Crippen LogP contribution is 2.32. The molecule has 5 heterocycles. The smallest absolute Gasteiger partial charge is 0.237 e. The van der Waals surface area contributed by atoms with Crippen LogP contribution in [-0.4, -0.2) is 81.0 Å². The Bertz CT molecular complexity index is 1510.